The molecule has 2 rings (SSSR count). The van der Waals surface area contributed by atoms with E-state index in [-0.39, 0.29) is 11.4 Å². The Morgan fingerprint density at radius 3 is 2.88 bits per heavy atom. The molecule has 0 aliphatic carbocycles. The molecule has 2 N–H and O–H groups in total. The Hall–Kier alpha value is -0.210. The Balaban J connectivity index is 1.79. The summed E-state index contributed by atoms with van der Waals surface area (Å²) >= 11 is 0. The van der Waals surface area contributed by atoms with Gasteiger partial charge in [-0.3, -0.25) is 0 Å². The normalized spacial score (nSPS) is 31.8. The summed E-state index contributed by atoms with van der Waals surface area (Å²) in [6.45, 7) is 3.21. The lowest BCUT2D eigenvalue weighted by Gasteiger charge is -2.23. The summed E-state index contributed by atoms with van der Waals surface area (Å²) in [5, 5.41) is 2.73. The van der Waals surface area contributed by atoms with Gasteiger partial charge in [0.1, 0.15) is 0 Å². The van der Waals surface area contributed by atoms with Crippen LogP contribution in [0.1, 0.15) is 6.42 Å². The molecule has 2 aliphatic rings. The summed E-state index contributed by atoms with van der Waals surface area (Å²) in [6.07, 6.45) is 0.523. The maximum absolute atomic E-state index is 11.8. The molecule has 0 aromatic heterocycles. The zero-order valence-corrected chi connectivity index (χ0v) is 9.96. The van der Waals surface area contributed by atoms with Crippen LogP contribution in [0.2, 0.25) is 0 Å². The molecular weight excluding hydrogens is 232 g/mol. The fourth-order valence-electron chi connectivity index (χ4n) is 1.87. The fourth-order valence-corrected chi connectivity index (χ4v) is 3.29. The van der Waals surface area contributed by atoms with Crippen LogP contribution in [0.4, 0.5) is 0 Å². The quantitative estimate of drug-likeness (QED) is 0.647. The molecule has 6 nitrogen and oxygen atoms in total. The van der Waals surface area contributed by atoms with Gasteiger partial charge in [-0.1, -0.05) is 0 Å². The van der Waals surface area contributed by atoms with Gasteiger partial charge in [0, 0.05) is 13.1 Å². The van der Waals surface area contributed by atoms with Crippen LogP contribution in [0.25, 0.3) is 0 Å². The van der Waals surface area contributed by atoms with Crippen molar-refractivity contribution < 1.29 is 17.9 Å². The molecule has 0 radical (unpaired) electrons. The second-order valence-corrected chi connectivity index (χ2v) is 6.12. The minimum atomic E-state index is -3.21. The van der Waals surface area contributed by atoms with Crippen LogP contribution in [-0.4, -0.2) is 59.2 Å². The van der Waals surface area contributed by atoms with Crippen LogP contribution >= 0.6 is 0 Å². The standard InChI is InChI=1S/C9H18N2O4S/c12-16(13,9-1-2-10-6-9)11-5-8-7-14-3-4-15-8/h8-11H,1-7H2. The molecule has 0 bridgehead atoms. The summed E-state index contributed by atoms with van der Waals surface area (Å²) in [7, 11) is -3.21. The Bertz CT molecular complexity index is 307. The van der Waals surface area contributed by atoms with Gasteiger partial charge in [-0.15, -0.1) is 0 Å². The first-order chi connectivity index (χ1) is 7.68. The van der Waals surface area contributed by atoms with Crippen LogP contribution in [0, 0.1) is 0 Å². The van der Waals surface area contributed by atoms with E-state index >= 15 is 0 Å². The average molecular weight is 250 g/mol. The summed E-state index contributed by atoms with van der Waals surface area (Å²) < 4.78 is 36.8. The number of nitrogens with one attached hydrogen (secondary N) is 2. The Morgan fingerprint density at radius 1 is 1.38 bits per heavy atom. The smallest absolute Gasteiger partial charge is 0.215 e. The van der Waals surface area contributed by atoms with E-state index in [2.05, 4.69) is 10.0 Å². The largest absolute Gasteiger partial charge is 0.376 e. The molecule has 94 valence electrons. The first-order valence-electron chi connectivity index (χ1n) is 5.57. The van der Waals surface area contributed by atoms with E-state index in [0.717, 1.165) is 6.54 Å². The van der Waals surface area contributed by atoms with Crippen LogP contribution in [0.5, 0.6) is 0 Å². The lowest BCUT2D eigenvalue weighted by Crippen LogP contribution is -2.43. The van der Waals surface area contributed by atoms with Crippen molar-refractivity contribution in [3.8, 4) is 0 Å². The van der Waals surface area contributed by atoms with E-state index in [1.165, 1.54) is 0 Å². The van der Waals surface area contributed by atoms with E-state index in [4.69, 9.17) is 9.47 Å². The molecule has 0 saturated carbocycles. The number of sulfonamides is 1. The van der Waals surface area contributed by atoms with Gasteiger partial charge < -0.3 is 14.8 Å². The molecule has 2 fully saturated rings. The molecule has 2 saturated heterocycles. The third-order valence-corrected chi connectivity index (χ3v) is 4.70. The van der Waals surface area contributed by atoms with Gasteiger partial charge in [0.05, 0.1) is 31.2 Å². The van der Waals surface area contributed by atoms with Gasteiger partial charge in [-0.2, -0.15) is 0 Å². The Morgan fingerprint density at radius 2 is 2.25 bits per heavy atom. The highest BCUT2D eigenvalue weighted by Crippen LogP contribution is 2.09. The van der Waals surface area contributed by atoms with Gasteiger partial charge in [0.15, 0.2) is 0 Å². The molecule has 0 aromatic rings. The summed E-state index contributed by atoms with van der Waals surface area (Å²) in [5.41, 5.74) is 0. The van der Waals surface area contributed by atoms with Crippen LogP contribution in [0.15, 0.2) is 0 Å². The lowest BCUT2D eigenvalue weighted by atomic mass is 10.3. The third-order valence-electron chi connectivity index (χ3n) is 2.85. The molecule has 7 heteroatoms. The minimum absolute atomic E-state index is 0.155. The Labute approximate surface area is 95.7 Å². The molecule has 2 heterocycles. The fraction of sp³-hybridized carbons (Fsp3) is 1.00. The van der Waals surface area contributed by atoms with Crippen molar-refractivity contribution in [1.82, 2.24) is 10.0 Å². The summed E-state index contributed by atoms with van der Waals surface area (Å²) in [5.74, 6) is 0. The van der Waals surface area contributed by atoms with Crippen molar-refractivity contribution in [2.75, 3.05) is 39.5 Å². The maximum atomic E-state index is 11.8. The third kappa shape index (κ3) is 3.14. The monoisotopic (exact) mass is 250 g/mol. The van der Waals surface area contributed by atoms with Crippen molar-refractivity contribution in [3.05, 3.63) is 0 Å². The highest BCUT2D eigenvalue weighted by Gasteiger charge is 2.29. The Kier molecular flexibility index (Phi) is 4.15. The van der Waals surface area contributed by atoms with Crippen molar-refractivity contribution in [1.29, 1.82) is 0 Å². The van der Waals surface area contributed by atoms with Crippen molar-refractivity contribution >= 4 is 10.0 Å². The van der Waals surface area contributed by atoms with E-state index < -0.39 is 10.0 Å². The molecule has 0 amide bonds. The van der Waals surface area contributed by atoms with E-state index in [0.29, 0.717) is 39.3 Å². The number of rotatable bonds is 4. The van der Waals surface area contributed by atoms with Crippen LogP contribution in [-0.2, 0) is 19.5 Å². The van der Waals surface area contributed by atoms with Gasteiger partial charge in [-0.25, -0.2) is 13.1 Å². The van der Waals surface area contributed by atoms with Crippen LogP contribution < -0.4 is 10.0 Å². The summed E-state index contributed by atoms with van der Waals surface area (Å²) in [4.78, 5) is 0. The topological polar surface area (TPSA) is 76.7 Å². The van der Waals surface area contributed by atoms with Crippen molar-refractivity contribution in [2.24, 2.45) is 0 Å². The molecule has 16 heavy (non-hydrogen) atoms. The SMILES string of the molecule is O=S(=O)(NCC1COCCO1)C1CCNC1. The van der Waals surface area contributed by atoms with Gasteiger partial charge in [0.25, 0.3) is 0 Å². The predicted octanol–water partition coefficient (Wildman–Crippen LogP) is -1.32. The first-order valence-corrected chi connectivity index (χ1v) is 7.11. The molecule has 2 unspecified atom stereocenters. The zero-order valence-electron chi connectivity index (χ0n) is 9.15. The molecular formula is C9H18N2O4S. The average Bonchev–Trinajstić information content (AvgIpc) is 2.82. The van der Waals surface area contributed by atoms with E-state index in [1.807, 2.05) is 0 Å². The van der Waals surface area contributed by atoms with E-state index in [1.54, 1.807) is 0 Å². The summed E-state index contributed by atoms with van der Waals surface area (Å²) in [6, 6.07) is 0. The predicted molar refractivity (Wildman–Crippen MR) is 58.8 cm³/mol. The van der Waals surface area contributed by atoms with Crippen molar-refractivity contribution in [2.45, 2.75) is 17.8 Å². The number of hydrogen-bond donors (Lipinski definition) is 2. The molecule has 2 atom stereocenters. The van der Waals surface area contributed by atoms with Gasteiger partial charge in [0.2, 0.25) is 10.0 Å². The second kappa shape index (κ2) is 5.42. The molecule has 0 spiro atoms. The highest BCUT2D eigenvalue weighted by molar-refractivity contribution is 7.90. The maximum Gasteiger partial charge on any atom is 0.215 e. The van der Waals surface area contributed by atoms with Gasteiger partial charge >= 0.3 is 0 Å². The number of ether oxygens (including phenoxy) is 2. The molecule has 2 aliphatic heterocycles. The minimum Gasteiger partial charge on any atom is -0.376 e. The van der Waals surface area contributed by atoms with Gasteiger partial charge in [-0.05, 0) is 13.0 Å². The van der Waals surface area contributed by atoms with Crippen LogP contribution in [0.3, 0.4) is 0 Å². The van der Waals surface area contributed by atoms with Crippen molar-refractivity contribution in [3.63, 3.8) is 0 Å². The molecule has 0 aromatic carbocycles. The first kappa shape index (κ1) is 12.3. The lowest BCUT2D eigenvalue weighted by molar-refractivity contribution is -0.0847. The van der Waals surface area contributed by atoms with E-state index in [9.17, 15) is 8.42 Å². The second-order valence-electron chi connectivity index (χ2n) is 4.08. The number of hydrogen-bond acceptors (Lipinski definition) is 5. The highest BCUT2D eigenvalue weighted by atomic mass is 32.2. The zero-order chi connectivity index (χ0) is 11.4.